The molecule has 0 radical (unpaired) electrons. The van der Waals surface area contributed by atoms with Crippen LogP contribution in [0.25, 0.3) is 0 Å². The second kappa shape index (κ2) is 9.31. The van der Waals surface area contributed by atoms with Crippen LogP contribution in [-0.4, -0.2) is 0 Å². The van der Waals surface area contributed by atoms with Gasteiger partial charge in [0.2, 0.25) is 0 Å². The minimum atomic E-state index is 0. The molecular formula is C13H23-. The molecule has 0 aliphatic rings. The van der Waals surface area contributed by atoms with E-state index in [9.17, 15) is 0 Å². The van der Waals surface area contributed by atoms with Gasteiger partial charge in [0.1, 0.15) is 0 Å². The first-order valence-electron chi connectivity index (χ1n) is 4.89. The fraction of sp³-hybridized carbons (Fsp3) is 0.462. The van der Waals surface area contributed by atoms with Crippen molar-refractivity contribution < 1.29 is 0 Å². The van der Waals surface area contributed by atoms with Crippen LogP contribution in [0.4, 0.5) is 0 Å². The Labute approximate surface area is 84.0 Å². The van der Waals surface area contributed by atoms with Crippen LogP contribution in [0.15, 0.2) is 30.3 Å². The van der Waals surface area contributed by atoms with Crippen molar-refractivity contribution in [3.63, 3.8) is 0 Å². The lowest BCUT2D eigenvalue weighted by atomic mass is 9.99. The summed E-state index contributed by atoms with van der Waals surface area (Å²) < 4.78 is 0. The standard InChI is InChI=1S/C10H14.C2H6.CH3/c1-3-9(2)10-7-5-4-6-8-10;1-2;/h4-9H,3H2,1-2H3;1-2H3;1H3/q;;-1. The molecule has 0 amide bonds. The summed E-state index contributed by atoms with van der Waals surface area (Å²) in [6.45, 7) is 8.48. The molecule has 0 heteroatoms. The van der Waals surface area contributed by atoms with Crippen LogP contribution >= 0.6 is 0 Å². The fourth-order valence-electron chi connectivity index (χ4n) is 1.02. The third-order valence-electron chi connectivity index (χ3n) is 1.98. The monoisotopic (exact) mass is 179 g/mol. The Bertz CT molecular complexity index is 176. The second-order valence-electron chi connectivity index (χ2n) is 2.72. The molecule has 13 heavy (non-hydrogen) atoms. The van der Waals surface area contributed by atoms with Gasteiger partial charge in [0, 0.05) is 0 Å². The van der Waals surface area contributed by atoms with E-state index < -0.39 is 0 Å². The summed E-state index contributed by atoms with van der Waals surface area (Å²) in [6, 6.07) is 10.6. The molecule has 0 aliphatic heterocycles. The van der Waals surface area contributed by atoms with E-state index in [0.29, 0.717) is 5.92 Å². The maximum absolute atomic E-state index is 2.26. The molecule has 0 N–H and O–H groups in total. The molecule has 0 aromatic heterocycles. The first-order chi connectivity index (χ1) is 5.84. The fourth-order valence-corrected chi connectivity index (χ4v) is 1.02. The molecule has 1 rings (SSSR count). The first-order valence-corrected chi connectivity index (χ1v) is 4.89. The summed E-state index contributed by atoms with van der Waals surface area (Å²) in [5.41, 5.74) is 1.45. The molecule has 76 valence electrons. The normalized spacial score (nSPS) is 10.5. The smallest absolute Gasteiger partial charge is 0.0193 e. The average Bonchev–Trinajstić information content (AvgIpc) is 2.21. The van der Waals surface area contributed by atoms with Crippen molar-refractivity contribution in [2.75, 3.05) is 0 Å². The summed E-state index contributed by atoms with van der Waals surface area (Å²) in [5.74, 6) is 0.709. The molecule has 0 spiro atoms. The molecule has 0 bridgehead atoms. The molecule has 0 nitrogen and oxygen atoms in total. The Morgan fingerprint density at radius 1 is 1.08 bits per heavy atom. The maximum Gasteiger partial charge on any atom is -0.0193 e. The third-order valence-corrected chi connectivity index (χ3v) is 1.98. The predicted octanol–water partition coefficient (Wildman–Crippen LogP) is 4.68. The highest BCUT2D eigenvalue weighted by Crippen LogP contribution is 2.16. The van der Waals surface area contributed by atoms with Gasteiger partial charge in [-0.2, -0.15) is 0 Å². The molecule has 0 saturated carbocycles. The van der Waals surface area contributed by atoms with Crippen LogP contribution in [0.2, 0.25) is 0 Å². The zero-order chi connectivity index (χ0) is 9.40. The maximum atomic E-state index is 2.26. The largest absolute Gasteiger partial charge is 0.358 e. The van der Waals surface area contributed by atoms with Gasteiger partial charge in [0.25, 0.3) is 0 Å². The first kappa shape index (κ1) is 14.7. The van der Waals surface area contributed by atoms with Crippen molar-refractivity contribution in [1.29, 1.82) is 0 Å². The van der Waals surface area contributed by atoms with Gasteiger partial charge in [-0.3, -0.25) is 0 Å². The highest BCUT2D eigenvalue weighted by Gasteiger charge is 1.98. The van der Waals surface area contributed by atoms with E-state index in [-0.39, 0.29) is 7.43 Å². The minimum absolute atomic E-state index is 0. The zero-order valence-electron chi connectivity index (χ0n) is 9.67. The molecular weight excluding hydrogens is 156 g/mol. The van der Waals surface area contributed by atoms with E-state index in [4.69, 9.17) is 0 Å². The Balaban J connectivity index is 0. The molecule has 0 aliphatic carbocycles. The zero-order valence-corrected chi connectivity index (χ0v) is 9.67. The van der Waals surface area contributed by atoms with Gasteiger partial charge in [0.05, 0.1) is 0 Å². The molecule has 1 aromatic carbocycles. The van der Waals surface area contributed by atoms with Crippen molar-refractivity contribution in [3.05, 3.63) is 43.3 Å². The minimum Gasteiger partial charge on any atom is -0.358 e. The summed E-state index contributed by atoms with van der Waals surface area (Å²) in [6.07, 6.45) is 1.23. The molecule has 1 aromatic rings. The van der Waals surface area contributed by atoms with E-state index in [1.807, 2.05) is 13.8 Å². The number of hydrogen-bond acceptors (Lipinski definition) is 0. The van der Waals surface area contributed by atoms with E-state index in [1.54, 1.807) is 0 Å². The van der Waals surface area contributed by atoms with Crippen molar-refractivity contribution >= 4 is 0 Å². The van der Waals surface area contributed by atoms with Crippen LogP contribution in [-0.2, 0) is 0 Å². The van der Waals surface area contributed by atoms with E-state index >= 15 is 0 Å². The molecule has 0 saturated heterocycles. The van der Waals surface area contributed by atoms with Gasteiger partial charge in [-0.05, 0) is 17.9 Å². The summed E-state index contributed by atoms with van der Waals surface area (Å²) in [7, 11) is 0. The van der Waals surface area contributed by atoms with Gasteiger partial charge < -0.3 is 7.43 Å². The highest BCUT2D eigenvalue weighted by atomic mass is 14.0. The average molecular weight is 179 g/mol. The Morgan fingerprint density at radius 2 is 1.54 bits per heavy atom. The molecule has 1 atom stereocenters. The Morgan fingerprint density at radius 3 is 1.92 bits per heavy atom. The molecule has 0 heterocycles. The summed E-state index contributed by atoms with van der Waals surface area (Å²) >= 11 is 0. The predicted molar refractivity (Wildman–Crippen MR) is 62.9 cm³/mol. The van der Waals surface area contributed by atoms with E-state index in [1.165, 1.54) is 12.0 Å². The molecule has 0 fully saturated rings. The SMILES string of the molecule is CC.CCC(C)c1ccccc1.[CH3-]. The van der Waals surface area contributed by atoms with Crippen LogP contribution in [0.5, 0.6) is 0 Å². The number of rotatable bonds is 2. The Hall–Kier alpha value is -0.780. The van der Waals surface area contributed by atoms with E-state index in [0.717, 1.165) is 0 Å². The van der Waals surface area contributed by atoms with Gasteiger partial charge in [-0.25, -0.2) is 0 Å². The van der Waals surface area contributed by atoms with Gasteiger partial charge >= 0.3 is 0 Å². The lowest BCUT2D eigenvalue weighted by molar-refractivity contribution is 0.733. The summed E-state index contributed by atoms with van der Waals surface area (Å²) in [5, 5.41) is 0. The lowest BCUT2D eigenvalue weighted by Gasteiger charge is -2.06. The van der Waals surface area contributed by atoms with Crippen LogP contribution in [0, 0.1) is 7.43 Å². The Kier molecular flexibility index (Phi) is 10.5. The second-order valence-corrected chi connectivity index (χ2v) is 2.72. The molecule has 1 unspecified atom stereocenters. The van der Waals surface area contributed by atoms with Crippen molar-refractivity contribution in [1.82, 2.24) is 0 Å². The highest BCUT2D eigenvalue weighted by molar-refractivity contribution is 5.18. The van der Waals surface area contributed by atoms with Crippen LogP contribution in [0.3, 0.4) is 0 Å². The third kappa shape index (κ3) is 5.46. The lowest BCUT2D eigenvalue weighted by Crippen LogP contribution is -1.88. The van der Waals surface area contributed by atoms with Gasteiger partial charge in [-0.15, -0.1) is 0 Å². The van der Waals surface area contributed by atoms with Crippen LogP contribution in [0.1, 0.15) is 45.6 Å². The quantitative estimate of drug-likeness (QED) is 0.578. The van der Waals surface area contributed by atoms with Gasteiger partial charge in [0.15, 0.2) is 0 Å². The topological polar surface area (TPSA) is 0 Å². The van der Waals surface area contributed by atoms with Crippen molar-refractivity contribution in [2.45, 2.75) is 40.0 Å². The van der Waals surface area contributed by atoms with E-state index in [2.05, 4.69) is 44.2 Å². The number of hydrogen-bond donors (Lipinski definition) is 0. The van der Waals surface area contributed by atoms with Gasteiger partial charge in [-0.1, -0.05) is 58.0 Å². The number of benzene rings is 1. The van der Waals surface area contributed by atoms with Crippen molar-refractivity contribution in [3.8, 4) is 0 Å². The van der Waals surface area contributed by atoms with Crippen molar-refractivity contribution in [2.24, 2.45) is 0 Å². The van der Waals surface area contributed by atoms with Crippen LogP contribution < -0.4 is 0 Å². The summed E-state index contributed by atoms with van der Waals surface area (Å²) in [4.78, 5) is 0.